The summed E-state index contributed by atoms with van der Waals surface area (Å²) in [7, 11) is 0. The summed E-state index contributed by atoms with van der Waals surface area (Å²) in [6, 6.07) is 0. The Morgan fingerprint density at radius 3 is 2.55 bits per heavy atom. The zero-order chi connectivity index (χ0) is 21.0. The Morgan fingerprint density at radius 2 is 1.83 bits per heavy atom. The molecular weight excluding hydrogens is 352 g/mol. The standard InChI is InChI=1S/C28H42O/c1-18(2)19(3)10-11-20(4)23-14-15-24-22-13-12-21-9-7-8-16-27(21,5)26(22)25(29)17-28(23,24)6/h9-13,18-20,23-25,29H,7-8,14-17H2,1-6H3/b11-10+/t19-,20+,23+,24?,25+,27-,28+/m0/s1. The fourth-order valence-electron chi connectivity index (χ4n) is 7.23. The van der Waals surface area contributed by atoms with Crippen LogP contribution in [0.15, 0.2) is 47.1 Å². The third kappa shape index (κ3) is 3.32. The molecule has 0 amide bonds. The molecule has 0 heterocycles. The normalized spacial score (nSPS) is 41.2. The van der Waals surface area contributed by atoms with Crippen LogP contribution in [0.4, 0.5) is 0 Å². The minimum Gasteiger partial charge on any atom is -0.389 e. The summed E-state index contributed by atoms with van der Waals surface area (Å²) in [5, 5.41) is 11.5. The topological polar surface area (TPSA) is 20.2 Å². The van der Waals surface area contributed by atoms with E-state index in [4.69, 9.17) is 0 Å². The highest BCUT2D eigenvalue weighted by atomic mass is 16.3. The first kappa shape index (κ1) is 21.2. The molecule has 1 heteroatoms. The zero-order valence-corrected chi connectivity index (χ0v) is 19.5. The Balaban J connectivity index is 1.65. The molecular formula is C28H42O. The van der Waals surface area contributed by atoms with Crippen molar-refractivity contribution in [1.29, 1.82) is 0 Å². The van der Waals surface area contributed by atoms with Crippen LogP contribution < -0.4 is 0 Å². The molecule has 0 aromatic carbocycles. The minimum atomic E-state index is -0.283. The van der Waals surface area contributed by atoms with E-state index >= 15 is 0 Å². The van der Waals surface area contributed by atoms with Gasteiger partial charge in [-0.15, -0.1) is 0 Å². The van der Waals surface area contributed by atoms with Crippen LogP contribution in [0.3, 0.4) is 0 Å². The molecule has 7 atom stereocenters. The van der Waals surface area contributed by atoms with Crippen LogP contribution in [-0.4, -0.2) is 11.2 Å². The summed E-state index contributed by atoms with van der Waals surface area (Å²) in [6.45, 7) is 14.2. The molecule has 0 aromatic rings. The monoisotopic (exact) mass is 394 g/mol. The van der Waals surface area contributed by atoms with Gasteiger partial charge in [0.2, 0.25) is 0 Å². The van der Waals surface area contributed by atoms with E-state index in [9.17, 15) is 5.11 Å². The van der Waals surface area contributed by atoms with E-state index in [1.165, 1.54) is 48.8 Å². The third-order valence-corrected chi connectivity index (χ3v) is 9.39. The van der Waals surface area contributed by atoms with Gasteiger partial charge < -0.3 is 5.11 Å². The van der Waals surface area contributed by atoms with E-state index < -0.39 is 0 Å². The van der Waals surface area contributed by atoms with Gasteiger partial charge in [0.1, 0.15) is 0 Å². The zero-order valence-electron chi connectivity index (χ0n) is 19.5. The highest BCUT2D eigenvalue weighted by molar-refractivity contribution is 5.53. The molecule has 1 saturated carbocycles. The molecule has 0 aliphatic heterocycles. The van der Waals surface area contributed by atoms with Crippen molar-refractivity contribution in [2.24, 2.45) is 40.4 Å². The van der Waals surface area contributed by atoms with Gasteiger partial charge in [0, 0.05) is 5.41 Å². The van der Waals surface area contributed by atoms with E-state index in [0.717, 1.165) is 6.42 Å². The van der Waals surface area contributed by atoms with Gasteiger partial charge in [-0.3, -0.25) is 0 Å². The van der Waals surface area contributed by atoms with Gasteiger partial charge in [0.25, 0.3) is 0 Å². The first-order valence-electron chi connectivity index (χ1n) is 12.2. The average Bonchev–Trinajstić information content (AvgIpc) is 3.01. The second-order valence-electron chi connectivity index (χ2n) is 11.4. The summed E-state index contributed by atoms with van der Waals surface area (Å²) in [5.41, 5.74) is 4.62. The van der Waals surface area contributed by atoms with E-state index in [1.54, 1.807) is 0 Å². The largest absolute Gasteiger partial charge is 0.389 e. The second-order valence-corrected chi connectivity index (χ2v) is 11.4. The van der Waals surface area contributed by atoms with Crippen molar-refractivity contribution in [3.63, 3.8) is 0 Å². The van der Waals surface area contributed by atoms with Crippen LogP contribution in [0.25, 0.3) is 0 Å². The Bertz CT molecular complexity index is 765. The molecule has 1 N–H and O–H groups in total. The molecule has 0 saturated heterocycles. The maximum Gasteiger partial charge on any atom is 0.0770 e. The molecule has 29 heavy (non-hydrogen) atoms. The van der Waals surface area contributed by atoms with Gasteiger partial charge in [-0.05, 0) is 90.2 Å². The van der Waals surface area contributed by atoms with E-state index in [2.05, 4.69) is 71.9 Å². The second kappa shape index (κ2) is 7.56. The smallest absolute Gasteiger partial charge is 0.0770 e. The molecule has 0 spiro atoms. The lowest BCUT2D eigenvalue weighted by molar-refractivity contribution is 0.0405. The van der Waals surface area contributed by atoms with Crippen molar-refractivity contribution >= 4 is 0 Å². The Hall–Kier alpha value is -1.08. The fraction of sp³-hybridized carbons (Fsp3) is 0.714. The summed E-state index contributed by atoms with van der Waals surface area (Å²) in [6.07, 6.45) is 19.0. The molecule has 160 valence electrons. The van der Waals surface area contributed by atoms with E-state index in [0.29, 0.717) is 29.6 Å². The van der Waals surface area contributed by atoms with Gasteiger partial charge in [0.05, 0.1) is 6.10 Å². The Labute approximate surface area is 179 Å². The van der Waals surface area contributed by atoms with Crippen LogP contribution >= 0.6 is 0 Å². The van der Waals surface area contributed by atoms with Crippen molar-refractivity contribution in [3.05, 3.63) is 47.1 Å². The highest BCUT2D eigenvalue weighted by Gasteiger charge is 2.56. The molecule has 4 aliphatic carbocycles. The van der Waals surface area contributed by atoms with Crippen LogP contribution in [-0.2, 0) is 0 Å². The number of hydrogen-bond donors (Lipinski definition) is 1. The number of fused-ring (bicyclic) bond motifs is 4. The maximum atomic E-state index is 11.5. The SMILES string of the molecule is CC(C)[C@@H](C)/C=C/[C@@H](C)[C@H]1CCC2C3=C([C@H](O)C[C@@]21C)[C@@]1(C)CCCC=C1C=C3. The minimum absolute atomic E-state index is 0.0688. The van der Waals surface area contributed by atoms with Crippen LogP contribution in [0.2, 0.25) is 0 Å². The number of aliphatic hydroxyl groups is 1. The third-order valence-electron chi connectivity index (χ3n) is 9.39. The van der Waals surface area contributed by atoms with Gasteiger partial charge in [-0.2, -0.15) is 0 Å². The predicted octanol–water partition coefficient (Wildman–Crippen LogP) is 7.25. The molecule has 1 unspecified atom stereocenters. The summed E-state index contributed by atoms with van der Waals surface area (Å²) < 4.78 is 0. The van der Waals surface area contributed by atoms with E-state index in [1.807, 2.05) is 0 Å². The number of allylic oxidation sites excluding steroid dienone is 7. The van der Waals surface area contributed by atoms with Crippen molar-refractivity contribution < 1.29 is 5.11 Å². The quantitative estimate of drug-likeness (QED) is 0.498. The molecule has 0 radical (unpaired) electrons. The van der Waals surface area contributed by atoms with Crippen molar-refractivity contribution in [2.75, 3.05) is 0 Å². The molecule has 4 rings (SSSR count). The van der Waals surface area contributed by atoms with Gasteiger partial charge in [0.15, 0.2) is 0 Å². The Kier molecular flexibility index (Phi) is 5.52. The van der Waals surface area contributed by atoms with Crippen molar-refractivity contribution in [1.82, 2.24) is 0 Å². The van der Waals surface area contributed by atoms with Crippen molar-refractivity contribution in [2.45, 2.75) is 86.2 Å². The van der Waals surface area contributed by atoms with Crippen LogP contribution in [0.5, 0.6) is 0 Å². The maximum absolute atomic E-state index is 11.5. The first-order chi connectivity index (χ1) is 13.7. The Morgan fingerprint density at radius 1 is 1.07 bits per heavy atom. The summed E-state index contributed by atoms with van der Waals surface area (Å²) in [4.78, 5) is 0. The van der Waals surface area contributed by atoms with Crippen LogP contribution in [0.1, 0.15) is 80.1 Å². The predicted molar refractivity (Wildman–Crippen MR) is 123 cm³/mol. The lowest BCUT2D eigenvalue weighted by Crippen LogP contribution is -2.45. The van der Waals surface area contributed by atoms with E-state index in [-0.39, 0.29) is 16.9 Å². The summed E-state index contributed by atoms with van der Waals surface area (Å²) in [5.74, 6) is 3.18. The number of hydrogen-bond acceptors (Lipinski definition) is 1. The van der Waals surface area contributed by atoms with Crippen LogP contribution in [0, 0.1) is 40.4 Å². The number of aliphatic hydroxyl groups excluding tert-OH is 1. The van der Waals surface area contributed by atoms with Gasteiger partial charge >= 0.3 is 0 Å². The molecule has 1 nitrogen and oxygen atoms in total. The molecule has 1 fully saturated rings. The molecule has 0 bridgehead atoms. The number of rotatable bonds is 4. The van der Waals surface area contributed by atoms with Gasteiger partial charge in [-0.1, -0.05) is 71.9 Å². The highest BCUT2D eigenvalue weighted by Crippen LogP contribution is 2.64. The first-order valence-corrected chi connectivity index (χ1v) is 12.2. The van der Waals surface area contributed by atoms with Gasteiger partial charge in [-0.25, -0.2) is 0 Å². The average molecular weight is 395 g/mol. The fourth-order valence-corrected chi connectivity index (χ4v) is 7.23. The van der Waals surface area contributed by atoms with Crippen molar-refractivity contribution in [3.8, 4) is 0 Å². The molecule has 0 aromatic heterocycles. The summed E-state index contributed by atoms with van der Waals surface area (Å²) >= 11 is 0. The lowest BCUT2D eigenvalue weighted by atomic mass is 9.53. The lowest BCUT2D eigenvalue weighted by Gasteiger charge is -2.52. The molecule has 4 aliphatic rings.